The molecular weight excluding hydrogens is 238 g/mol. The van der Waals surface area contributed by atoms with Crippen molar-refractivity contribution in [2.75, 3.05) is 19.7 Å². The van der Waals surface area contributed by atoms with Crippen molar-refractivity contribution in [1.29, 1.82) is 0 Å². The van der Waals surface area contributed by atoms with Gasteiger partial charge in [0.2, 0.25) is 0 Å². The molecule has 1 rings (SSSR count). The van der Waals surface area contributed by atoms with Crippen molar-refractivity contribution >= 4 is 11.6 Å². The smallest absolute Gasteiger partial charge is 0.120 e. The van der Waals surface area contributed by atoms with Crippen LogP contribution in [0.5, 0.6) is 5.75 Å². The molecule has 1 aromatic rings. The number of benzene rings is 1. The molecule has 0 aliphatic carbocycles. The van der Waals surface area contributed by atoms with Crippen LogP contribution >= 0.6 is 11.6 Å². The van der Waals surface area contributed by atoms with Gasteiger partial charge in [-0.1, -0.05) is 23.6 Å². The molecule has 0 heterocycles. The minimum atomic E-state index is -0.562. The fourth-order valence-electron chi connectivity index (χ4n) is 1.20. The molecule has 2 N–H and O–H groups in total. The summed E-state index contributed by atoms with van der Waals surface area (Å²) in [5, 5.41) is 13.2. The Labute approximate surface area is 107 Å². The van der Waals surface area contributed by atoms with Crippen LogP contribution in [0.1, 0.15) is 6.92 Å². The van der Waals surface area contributed by atoms with Gasteiger partial charge in [-0.15, -0.1) is 5.92 Å². The van der Waals surface area contributed by atoms with E-state index < -0.39 is 6.10 Å². The number of aliphatic hydroxyl groups is 1. The lowest BCUT2D eigenvalue weighted by Gasteiger charge is -2.12. The van der Waals surface area contributed by atoms with Crippen LogP contribution in [0, 0.1) is 11.8 Å². The summed E-state index contributed by atoms with van der Waals surface area (Å²) in [6.45, 7) is 3.03. The van der Waals surface area contributed by atoms with Gasteiger partial charge >= 0.3 is 0 Å². The van der Waals surface area contributed by atoms with Gasteiger partial charge in [0.15, 0.2) is 0 Å². The van der Waals surface area contributed by atoms with Gasteiger partial charge < -0.3 is 15.2 Å². The van der Waals surface area contributed by atoms with Crippen molar-refractivity contribution < 1.29 is 9.84 Å². The van der Waals surface area contributed by atoms with E-state index in [4.69, 9.17) is 16.3 Å². The SMILES string of the molecule is CC#CCNCC(O)COc1cccc(Cl)c1. The molecule has 0 aromatic heterocycles. The van der Waals surface area contributed by atoms with Crippen molar-refractivity contribution in [1.82, 2.24) is 5.32 Å². The lowest BCUT2D eigenvalue weighted by molar-refractivity contribution is 0.107. The molecule has 1 atom stereocenters. The summed E-state index contributed by atoms with van der Waals surface area (Å²) >= 11 is 5.81. The Morgan fingerprint density at radius 3 is 3.06 bits per heavy atom. The first kappa shape index (κ1) is 13.9. The van der Waals surface area contributed by atoms with Crippen molar-refractivity contribution in [2.24, 2.45) is 0 Å². The van der Waals surface area contributed by atoms with Gasteiger partial charge in [-0.3, -0.25) is 0 Å². The van der Waals surface area contributed by atoms with Crippen molar-refractivity contribution in [3.05, 3.63) is 29.3 Å². The second kappa shape index (κ2) is 7.97. The minimum absolute atomic E-state index is 0.229. The Kier molecular flexibility index (Phi) is 6.49. The summed E-state index contributed by atoms with van der Waals surface area (Å²) < 4.78 is 5.40. The van der Waals surface area contributed by atoms with Crippen LogP contribution in [0.25, 0.3) is 0 Å². The fraction of sp³-hybridized carbons (Fsp3) is 0.385. The zero-order valence-corrected chi connectivity index (χ0v) is 10.5. The molecule has 17 heavy (non-hydrogen) atoms. The quantitative estimate of drug-likeness (QED) is 0.599. The monoisotopic (exact) mass is 253 g/mol. The van der Waals surface area contributed by atoms with Gasteiger partial charge in [0, 0.05) is 11.6 Å². The Balaban J connectivity index is 2.22. The lowest BCUT2D eigenvalue weighted by Crippen LogP contribution is -2.31. The highest BCUT2D eigenvalue weighted by molar-refractivity contribution is 6.30. The number of rotatable bonds is 6. The van der Waals surface area contributed by atoms with Crippen LogP contribution in [0.4, 0.5) is 0 Å². The number of hydrogen-bond donors (Lipinski definition) is 2. The van der Waals surface area contributed by atoms with Gasteiger partial charge in [-0.25, -0.2) is 0 Å². The molecule has 1 aromatic carbocycles. The van der Waals surface area contributed by atoms with E-state index in [9.17, 15) is 5.11 Å². The molecular formula is C13H16ClNO2. The Morgan fingerprint density at radius 1 is 1.53 bits per heavy atom. The third-order valence-corrected chi connectivity index (χ3v) is 2.24. The highest BCUT2D eigenvalue weighted by Crippen LogP contribution is 2.16. The summed E-state index contributed by atoms with van der Waals surface area (Å²) in [4.78, 5) is 0. The number of halogens is 1. The van der Waals surface area contributed by atoms with Crippen LogP contribution < -0.4 is 10.1 Å². The van der Waals surface area contributed by atoms with E-state index in [1.165, 1.54) is 0 Å². The first-order valence-electron chi connectivity index (χ1n) is 5.39. The zero-order chi connectivity index (χ0) is 12.5. The maximum absolute atomic E-state index is 9.61. The molecule has 1 unspecified atom stereocenters. The molecule has 3 nitrogen and oxygen atoms in total. The second-order valence-corrected chi connectivity index (χ2v) is 3.92. The highest BCUT2D eigenvalue weighted by Gasteiger charge is 2.04. The van der Waals surface area contributed by atoms with Crippen molar-refractivity contribution in [3.8, 4) is 17.6 Å². The van der Waals surface area contributed by atoms with E-state index >= 15 is 0 Å². The molecule has 0 saturated heterocycles. The lowest BCUT2D eigenvalue weighted by atomic mass is 10.3. The van der Waals surface area contributed by atoms with E-state index in [0.717, 1.165) is 0 Å². The Bertz CT molecular complexity index is 398. The maximum atomic E-state index is 9.61. The van der Waals surface area contributed by atoms with E-state index in [1.54, 1.807) is 31.2 Å². The Hall–Kier alpha value is -1.21. The second-order valence-electron chi connectivity index (χ2n) is 3.48. The first-order chi connectivity index (χ1) is 8.22. The predicted octanol–water partition coefficient (Wildman–Crippen LogP) is 1.69. The molecule has 4 heteroatoms. The average molecular weight is 254 g/mol. The Morgan fingerprint density at radius 2 is 2.35 bits per heavy atom. The minimum Gasteiger partial charge on any atom is -0.491 e. The molecule has 0 aliphatic heterocycles. The van der Waals surface area contributed by atoms with Crippen LogP contribution in [0.3, 0.4) is 0 Å². The summed E-state index contributed by atoms with van der Waals surface area (Å²) in [5.41, 5.74) is 0. The maximum Gasteiger partial charge on any atom is 0.120 e. The molecule has 0 radical (unpaired) electrons. The van der Waals surface area contributed by atoms with Crippen LogP contribution in [-0.4, -0.2) is 30.9 Å². The van der Waals surface area contributed by atoms with E-state index in [1.807, 2.05) is 0 Å². The average Bonchev–Trinajstić information content (AvgIpc) is 2.32. The van der Waals surface area contributed by atoms with Crippen molar-refractivity contribution in [3.63, 3.8) is 0 Å². The number of ether oxygens (including phenoxy) is 1. The molecule has 0 spiro atoms. The fourth-order valence-corrected chi connectivity index (χ4v) is 1.38. The van der Waals surface area contributed by atoms with Crippen LogP contribution in [0.15, 0.2) is 24.3 Å². The van der Waals surface area contributed by atoms with Gasteiger partial charge in [-0.2, -0.15) is 0 Å². The molecule has 0 amide bonds. The normalized spacial score (nSPS) is 11.5. The first-order valence-corrected chi connectivity index (χ1v) is 5.77. The van der Waals surface area contributed by atoms with E-state index in [0.29, 0.717) is 23.9 Å². The van der Waals surface area contributed by atoms with E-state index in [-0.39, 0.29) is 6.61 Å². The number of hydrogen-bond acceptors (Lipinski definition) is 3. The van der Waals surface area contributed by atoms with Crippen LogP contribution in [0.2, 0.25) is 5.02 Å². The highest BCUT2D eigenvalue weighted by atomic mass is 35.5. The summed E-state index contributed by atoms with van der Waals surface area (Å²) in [6, 6.07) is 7.09. The largest absolute Gasteiger partial charge is 0.491 e. The molecule has 0 aliphatic rings. The van der Waals surface area contributed by atoms with Gasteiger partial charge in [-0.05, 0) is 25.1 Å². The van der Waals surface area contributed by atoms with Gasteiger partial charge in [0.05, 0.1) is 6.54 Å². The third-order valence-electron chi connectivity index (χ3n) is 2.01. The zero-order valence-electron chi connectivity index (χ0n) is 9.74. The topological polar surface area (TPSA) is 41.5 Å². The summed E-state index contributed by atoms with van der Waals surface area (Å²) in [6.07, 6.45) is -0.562. The number of aliphatic hydroxyl groups excluding tert-OH is 1. The summed E-state index contributed by atoms with van der Waals surface area (Å²) in [7, 11) is 0. The van der Waals surface area contributed by atoms with Crippen LogP contribution in [-0.2, 0) is 0 Å². The standard InChI is InChI=1S/C13H16ClNO2/c1-2-3-7-15-9-12(16)10-17-13-6-4-5-11(14)8-13/h4-6,8,12,15-16H,7,9-10H2,1H3. The molecule has 0 saturated carbocycles. The molecule has 0 fully saturated rings. The van der Waals surface area contributed by atoms with Gasteiger partial charge in [0.1, 0.15) is 18.5 Å². The summed E-state index contributed by atoms with van der Waals surface area (Å²) in [5.74, 6) is 6.28. The number of nitrogens with one attached hydrogen (secondary N) is 1. The van der Waals surface area contributed by atoms with Gasteiger partial charge in [0.25, 0.3) is 0 Å². The molecule has 92 valence electrons. The molecule has 0 bridgehead atoms. The predicted molar refractivity (Wildman–Crippen MR) is 69.3 cm³/mol. The third kappa shape index (κ3) is 6.18. The van der Waals surface area contributed by atoms with Crippen molar-refractivity contribution in [2.45, 2.75) is 13.0 Å². The van der Waals surface area contributed by atoms with E-state index in [2.05, 4.69) is 17.2 Å².